The van der Waals surface area contributed by atoms with Gasteiger partial charge >= 0.3 is 5.97 Å². The lowest BCUT2D eigenvalue weighted by Crippen LogP contribution is -2.56. The van der Waals surface area contributed by atoms with E-state index in [-0.39, 0.29) is 18.4 Å². The van der Waals surface area contributed by atoms with Crippen LogP contribution >= 0.6 is 0 Å². The zero-order valence-corrected chi connectivity index (χ0v) is 10.9. The fourth-order valence-corrected chi connectivity index (χ4v) is 1.53. The standard InChI is InChI=1S/C13H21NO4/c1-5-7-10(8-6-2)11(15)14-13(3,9-18-4)12(16)17/h5-6,10H,1-2,7-9H2,3-4H3,(H,14,15)(H,16,17). The first kappa shape index (κ1) is 16.4. The minimum Gasteiger partial charge on any atom is -0.479 e. The van der Waals surface area contributed by atoms with Crippen molar-refractivity contribution >= 4 is 11.9 Å². The molecular formula is C13H21NO4. The molecule has 0 radical (unpaired) electrons. The molecule has 2 N–H and O–H groups in total. The summed E-state index contributed by atoms with van der Waals surface area (Å²) in [6.45, 7) is 8.47. The van der Waals surface area contributed by atoms with Crippen molar-refractivity contribution in [3.05, 3.63) is 25.3 Å². The summed E-state index contributed by atoms with van der Waals surface area (Å²) in [5.41, 5.74) is -1.42. The fourth-order valence-electron chi connectivity index (χ4n) is 1.53. The first-order valence-electron chi connectivity index (χ1n) is 5.67. The topological polar surface area (TPSA) is 75.6 Å². The normalized spacial score (nSPS) is 13.7. The summed E-state index contributed by atoms with van der Waals surface area (Å²) in [5.74, 6) is -1.82. The van der Waals surface area contributed by atoms with E-state index in [1.54, 1.807) is 12.2 Å². The quantitative estimate of drug-likeness (QED) is 0.610. The number of ether oxygens (including phenoxy) is 1. The SMILES string of the molecule is C=CCC(CC=C)C(=O)NC(C)(COC)C(=O)O. The second-order valence-electron chi connectivity index (χ2n) is 4.31. The van der Waals surface area contributed by atoms with E-state index >= 15 is 0 Å². The average Bonchev–Trinajstić information content (AvgIpc) is 2.28. The summed E-state index contributed by atoms with van der Waals surface area (Å²) < 4.78 is 4.83. The number of carboxylic acids is 1. The van der Waals surface area contributed by atoms with Crippen molar-refractivity contribution < 1.29 is 19.4 Å². The molecule has 0 aromatic rings. The molecule has 102 valence electrons. The smallest absolute Gasteiger partial charge is 0.331 e. The van der Waals surface area contributed by atoms with Gasteiger partial charge in [-0.15, -0.1) is 13.2 Å². The Labute approximate surface area is 108 Å². The first-order valence-corrected chi connectivity index (χ1v) is 5.67. The maximum Gasteiger partial charge on any atom is 0.331 e. The molecule has 0 saturated heterocycles. The highest BCUT2D eigenvalue weighted by molar-refractivity contribution is 5.88. The van der Waals surface area contributed by atoms with Crippen molar-refractivity contribution in [2.24, 2.45) is 5.92 Å². The molecule has 0 saturated carbocycles. The molecule has 0 rings (SSSR count). The van der Waals surface area contributed by atoms with Gasteiger partial charge in [0.2, 0.25) is 5.91 Å². The highest BCUT2D eigenvalue weighted by Gasteiger charge is 2.36. The summed E-state index contributed by atoms with van der Waals surface area (Å²) in [6.07, 6.45) is 4.20. The minimum absolute atomic E-state index is 0.0943. The average molecular weight is 255 g/mol. The third-order valence-corrected chi connectivity index (χ3v) is 2.58. The number of hydrogen-bond donors (Lipinski definition) is 2. The van der Waals surface area contributed by atoms with Gasteiger partial charge in [-0.2, -0.15) is 0 Å². The molecule has 5 heteroatoms. The van der Waals surface area contributed by atoms with Gasteiger partial charge in [0.05, 0.1) is 6.61 Å². The molecule has 0 spiro atoms. The fraction of sp³-hybridized carbons (Fsp3) is 0.538. The van der Waals surface area contributed by atoms with Gasteiger partial charge in [0.1, 0.15) is 0 Å². The van der Waals surface area contributed by atoms with Crippen molar-refractivity contribution in [3.8, 4) is 0 Å². The Morgan fingerprint density at radius 2 is 1.89 bits per heavy atom. The number of carbonyl (C=O) groups is 2. The van der Waals surface area contributed by atoms with Gasteiger partial charge in [0.15, 0.2) is 5.54 Å². The second-order valence-corrected chi connectivity index (χ2v) is 4.31. The van der Waals surface area contributed by atoms with Crippen molar-refractivity contribution in [3.63, 3.8) is 0 Å². The van der Waals surface area contributed by atoms with Crippen LogP contribution in [0.25, 0.3) is 0 Å². The third-order valence-electron chi connectivity index (χ3n) is 2.58. The van der Waals surface area contributed by atoms with Crippen LogP contribution in [0.4, 0.5) is 0 Å². The molecule has 0 heterocycles. The van der Waals surface area contributed by atoms with Crippen LogP contribution in [0.3, 0.4) is 0 Å². The summed E-state index contributed by atoms with van der Waals surface area (Å²) in [7, 11) is 1.39. The second kappa shape index (κ2) is 7.66. The first-order chi connectivity index (χ1) is 8.41. The largest absolute Gasteiger partial charge is 0.479 e. The maximum absolute atomic E-state index is 12.0. The third kappa shape index (κ3) is 4.71. The summed E-state index contributed by atoms with van der Waals surface area (Å²) >= 11 is 0. The summed E-state index contributed by atoms with van der Waals surface area (Å²) in [4.78, 5) is 23.1. The number of allylic oxidation sites excluding steroid dienone is 2. The van der Waals surface area contributed by atoms with Gasteiger partial charge in [-0.3, -0.25) is 4.79 Å². The molecule has 0 bridgehead atoms. The number of amides is 1. The molecule has 0 aliphatic carbocycles. The van der Waals surface area contributed by atoms with Gasteiger partial charge in [0, 0.05) is 13.0 Å². The molecular weight excluding hydrogens is 234 g/mol. The minimum atomic E-state index is -1.42. The van der Waals surface area contributed by atoms with E-state index in [1.807, 2.05) is 0 Å². The molecule has 5 nitrogen and oxygen atoms in total. The van der Waals surface area contributed by atoms with Crippen LogP contribution in [0.15, 0.2) is 25.3 Å². The van der Waals surface area contributed by atoms with Crippen LogP contribution < -0.4 is 5.32 Å². The van der Waals surface area contributed by atoms with Gasteiger partial charge < -0.3 is 15.2 Å². The lowest BCUT2D eigenvalue weighted by atomic mass is 9.97. The van der Waals surface area contributed by atoms with E-state index < -0.39 is 11.5 Å². The van der Waals surface area contributed by atoms with Crippen LogP contribution in [0, 0.1) is 5.92 Å². The number of hydrogen-bond acceptors (Lipinski definition) is 3. The van der Waals surface area contributed by atoms with E-state index in [1.165, 1.54) is 14.0 Å². The predicted molar refractivity (Wildman–Crippen MR) is 69.2 cm³/mol. The van der Waals surface area contributed by atoms with Crippen LogP contribution in [0.2, 0.25) is 0 Å². The van der Waals surface area contributed by atoms with E-state index in [9.17, 15) is 9.59 Å². The lowest BCUT2D eigenvalue weighted by Gasteiger charge is -2.27. The number of rotatable bonds is 9. The maximum atomic E-state index is 12.0. The number of methoxy groups -OCH3 is 1. The Kier molecular flexibility index (Phi) is 6.97. The van der Waals surface area contributed by atoms with E-state index in [0.29, 0.717) is 12.8 Å². The number of nitrogens with one attached hydrogen (secondary N) is 1. The van der Waals surface area contributed by atoms with Crippen molar-refractivity contribution in [2.75, 3.05) is 13.7 Å². The number of carboxylic acid groups (broad SMARTS) is 1. The van der Waals surface area contributed by atoms with E-state index in [2.05, 4.69) is 18.5 Å². The van der Waals surface area contributed by atoms with Gasteiger partial charge in [-0.05, 0) is 19.8 Å². The van der Waals surface area contributed by atoms with Gasteiger partial charge in [0.25, 0.3) is 0 Å². The Morgan fingerprint density at radius 1 is 1.39 bits per heavy atom. The van der Waals surface area contributed by atoms with Crippen LogP contribution in [0.5, 0.6) is 0 Å². The zero-order valence-electron chi connectivity index (χ0n) is 10.9. The summed E-state index contributed by atoms with van der Waals surface area (Å²) in [6, 6.07) is 0. The molecule has 1 atom stereocenters. The highest BCUT2D eigenvalue weighted by Crippen LogP contribution is 2.13. The number of carbonyl (C=O) groups excluding carboxylic acids is 1. The zero-order chi connectivity index (χ0) is 14.2. The molecule has 1 unspecified atom stereocenters. The van der Waals surface area contributed by atoms with Gasteiger partial charge in [-0.25, -0.2) is 4.79 Å². The molecule has 0 fully saturated rings. The molecule has 18 heavy (non-hydrogen) atoms. The summed E-state index contributed by atoms with van der Waals surface area (Å²) in [5, 5.41) is 11.6. The molecule has 0 aliphatic heterocycles. The Balaban J connectivity index is 4.80. The Bertz CT molecular complexity index is 317. The van der Waals surface area contributed by atoms with E-state index in [4.69, 9.17) is 9.84 Å². The van der Waals surface area contributed by atoms with Crippen LogP contribution in [-0.2, 0) is 14.3 Å². The van der Waals surface area contributed by atoms with Crippen molar-refractivity contribution in [1.82, 2.24) is 5.32 Å². The van der Waals surface area contributed by atoms with Crippen LogP contribution in [0.1, 0.15) is 19.8 Å². The monoisotopic (exact) mass is 255 g/mol. The highest BCUT2D eigenvalue weighted by atomic mass is 16.5. The van der Waals surface area contributed by atoms with Gasteiger partial charge in [-0.1, -0.05) is 12.2 Å². The number of aliphatic carboxylic acids is 1. The Morgan fingerprint density at radius 3 is 2.22 bits per heavy atom. The molecule has 0 aliphatic rings. The molecule has 0 aromatic heterocycles. The van der Waals surface area contributed by atoms with E-state index in [0.717, 1.165) is 0 Å². The lowest BCUT2D eigenvalue weighted by molar-refractivity contribution is -0.149. The van der Waals surface area contributed by atoms with Crippen molar-refractivity contribution in [1.29, 1.82) is 0 Å². The molecule has 0 aromatic carbocycles. The van der Waals surface area contributed by atoms with Crippen molar-refractivity contribution in [2.45, 2.75) is 25.3 Å². The Hall–Kier alpha value is -1.62. The van der Waals surface area contributed by atoms with Crippen LogP contribution in [-0.4, -0.2) is 36.2 Å². The molecule has 1 amide bonds. The predicted octanol–water partition coefficient (Wildman–Crippen LogP) is 1.36.